The van der Waals surface area contributed by atoms with Crippen molar-refractivity contribution in [1.82, 2.24) is 4.98 Å². The zero-order chi connectivity index (χ0) is 4.41. The van der Waals surface area contributed by atoms with Gasteiger partial charge in [0.1, 0.15) is 0 Å². The number of hydrogen-bond donors (Lipinski definition) is 1. The second-order valence-electron chi connectivity index (χ2n) is 0.797. The average Bonchev–Trinajstić information content (AvgIpc) is 1.86. The zero-order valence-electron chi connectivity index (χ0n) is 2.88. The van der Waals surface area contributed by atoms with Crippen molar-refractivity contribution in [3.05, 3.63) is 10.9 Å². The Morgan fingerprint density at radius 2 is 2.83 bits per heavy atom. The average molecular weight is 100 g/mol. The number of rotatable bonds is 0. The van der Waals surface area contributed by atoms with Crippen LogP contribution in [0, 0.1) is 5.51 Å². The first-order chi connectivity index (χ1) is 2.89. The van der Waals surface area contributed by atoms with Gasteiger partial charge in [0.2, 0.25) is 0 Å². The lowest BCUT2D eigenvalue weighted by Gasteiger charge is -1.79. The molecule has 0 atom stereocenters. The molecule has 0 bridgehead atoms. The van der Waals surface area contributed by atoms with Crippen molar-refractivity contribution in [2.24, 2.45) is 0 Å². The van der Waals surface area contributed by atoms with Crippen molar-refractivity contribution in [2.45, 2.75) is 0 Å². The van der Waals surface area contributed by atoms with Crippen LogP contribution in [0.4, 0.5) is 0 Å². The van der Waals surface area contributed by atoms with Crippen LogP contribution in [0.15, 0.2) is 5.38 Å². The Kier molecular flexibility index (Phi) is 0.759. The first-order valence-corrected chi connectivity index (χ1v) is 2.28. The molecule has 0 radical (unpaired) electrons. The van der Waals surface area contributed by atoms with E-state index in [0.29, 0.717) is 0 Å². The van der Waals surface area contributed by atoms with Gasteiger partial charge in [-0.15, -0.1) is 5.38 Å². The van der Waals surface area contributed by atoms with Crippen molar-refractivity contribution < 1.29 is 5.11 Å². The highest BCUT2D eigenvalue weighted by atomic mass is 32.1. The predicted octanol–water partition coefficient (Wildman–Crippen LogP) is 0.649. The highest BCUT2D eigenvalue weighted by molar-refractivity contribution is 7.07. The van der Waals surface area contributed by atoms with Crippen LogP contribution in [0.2, 0.25) is 0 Å². The van der Waals surface area contributed by atoms with Crippen LogP contribution >= 0.6 is 11.3 Å². The lowest BCUT2D eigenvalue weighted by molar-refractivity contribution is 0.457. The number of nitrogens with zero attached hydrogens (tertiary/aromatic N) is 1. The molecule has 1 aromatic rings. The van der Waals surface area contributed by atoms with Crippen LogP contribution in [0.25, 0.3) is 0 Å². The Morgan fingerprint density at radius 3 is 3.00 bits per heavy atom. The Labute approximate surface area is 39.1 Å². The maximum absolute atomic E-state index is 8.34. The van der Waals surface area contributed by atoms with E-state index in [2.05, 4.69) is 10.5 Å². The first kappa shape index (κ1) is 3.61. The molecule has 0 amide bonds. The fraction of sp³-hybridized carbons (Fsp3) is 0. The van der Waals surface area contributed by atoms with E-state index in [1.54, 1.807) is 0 Å². The minimum absolute atomic E-state index is 0.0556. The molecule has 0 saturated carbocycles. The van der Waals surface area contributed by atoms with E-state index < -0.39 is 0 Å². The summed E-state index contributed by atoms with van der Waals surface area (Å²) >= 11 is 1.25. The summed E-state index contributed by atoms with van der Waals surface area (Å²) in [6.45, 7) is 0. The molecule has 0 fully saturated rings. The second-order valence-corrected chi connectivity index (χ2v) is 1.45. The number of aromatic nitrogens is 1. The van der Waals surface area contributed by atoms with E-state index in [1.807, 2.05) is 0 Å². The first-order valence-electron chi connectivity index (χ1n) is 1.40. The Bertz CT molecular complexity index is 114. The molecule has 0 saturated heterocycles. The van der Waals surface area contributed by atoms with Crippen molar-refractivity contribution in [3.63, 3.8) is 0 Å². The quantitative estimate of drug-likeness (QED) is 0.485. The molecular formula is C3H2NOS-. The van der Waals surface area contributed by atoms with Crippen LogP contribution < -0.4 is 0 Å². The molecule has 3 heteroatoms. The summed E-state index contributed by atoms with van der Waals surface area (Å²) in [6.07, 6.45) is 0. The molecule has 1 heterocycles. The molecule has 2 nitrogen and oxygen atoms in total. The lowest BCUT2D eigenvalue weighted by Crippen LogP contribution is -1.52. The number of aromatic hydroxyl groups is 1. The Balaban J connectivity index is 3.05. The van der Waals surface area contributed by atoms with Gasteiger partial charge in [0.15, 0.2) is 0 Å². The third-order valence-electron chi connectivity index (χ3n) is 0.377. The molecule has 0 spiro atoms. The van der Waals surface area contributed by atoms with Crippen molar-refractivity contribution in [3.8, 4) is 5.88 Å². The van der Waals surface area contributed by atoms with Gasteiger partial charge in [-0.05, 0) is 5.51 Å². The van der Waals surface area contributed by atoms with Gasteiger partial charge >= 0.3 is 0 Å². The SMILES string of the molecule is Oc1cs[c-]n1. The monoisotopic (exact) mass is 100.0 g/mol. The summed E-state index contributed by atoms with van der Waals surface area (Å²) in [7, 11) is 0. The van der Waals surface area contributed by atoms with E-state index in [-0.39, 0.29) is 5.88 Å². The van der Waals surface area contributed by atoms with Crippen molar-refractivity contribution in [1.29, 1.82) is 0 Å². The largest absolute Gasteiger partial charge is 0.558 e. The van der Waals surface area contributed by atoms with Gasteiger partial charge in [0.05, 0.1) is 5.88 Å². The van der Waals surface area contributed by atoms with Gasteiger partial charge in [-0.3, -0.25) is 11.3 Å². The van der Waals surface area contributed by atoms with Gasteiger partial charge in [-0.2, -0.15) is 0 Å². The third-order valence-corrected chi connectivity index (χ3v) is 0.903. The standard InChI is InChI=1S/C3H2NOS/c5-3-1-6-2-4-3/h1,5H/q-1. The minimum Gasteiger partial charge on any atom is -0.558 e. The summed E-state index contributed by atoms with van der Waals surface area (Å²) in [5, 5.41) is 9.85. The predicted molar refractivity (Wildman–Crippen MR) is 22.6 cm³/mol. The smallest absolute Gasteiger partial charge is 0.0583 e. The second kappa shape index (κ2) is 1.26. The molecule has 1 aromatic heterocycles. The maximum atomic E-state index is 8.34. The van der Waals surface area contributed by atoms with Crippen LogP contribution in [0.3, 0.4) is 0 Å². The summed E-state index contributed by atoms with van der Waals surface area (Å²) in [5.41, 5.74) is 2.47. The molecule has 0 aliphatic carbocycles. The summed E-state index contributed by atoms with van der Waals surface area (Å²) in [4.78, 5) is 3.37. The summed E-state index contributed by atoms with van der Waals surface area (Å²) in [6, 6.07) is 0. The van der Waals surface area contributed by atoms with Gasteiger partial charge in [-0.25, -0.2) is 0 Å². The highest BCUT2D eigenvalue weighted by Gasteiger charge is 1.65. The van der Waals surface area contributed by atoms with Crippen LogP contribution in [-0.2, 0) is 0 Å². The topological polar surface area (TPSA) is 33.1 Å². The van der Waals surface area contributed by atoms with Gasteiger partial charge < -0.3 is 10.1 Å². The molecule has 1 rings (SSSR count). The summed E-state index contributed by atoms with van der Waals surface area (Å²) < 4.78 is 0. The van der Waals surface area contributed by atoms with E-state index in [9.17, 15) is 0 Å². The lowest BCUT2D eigenvalue weighted by atomic mass is 10.9. The van der Waals surface area contributed by atoms with Crippen LogP contribution in [0.5, 0.6) is 5.88 Å². The molecular weight excluding hydrogens is 98.1 g/mol. The van der Waals surface area contributed by atoms with E-state index in [4.69, 9.17) is 5.11 Å². The van der Waals surface area contributed by atoms with Gasteiger partial charge in [0, 0.05) is 0 Å². The Hall–Kier alpha value is -0.570. The molecule has 32 valence electrons. The number of hydrogen-bond acceptors (Lipinski definition) is 3. The summed E-state index contributed by atoms with van der Waals surface area (Å²) in [5.74, 6) is 0.0556. The Morgan fingerprint density at radius 1 is 2.00 bits per heavy atom. The van der Waals surface area contributed by atoms with Gasteiger partial charge in [-0.1, -0.05) is 0 Å². The van der Waals surface area contributed by atoms with Crippen LogP contribution in [0.1, 0.15) is 0 Å². The normalized spacial score (nSPS) is 8.67. The molecule has 1 N–H and O–H groups in total. The van der Waals surface area contributed by atoms with E-state index >= 15 is 0 Å². The van der Waals surface area contributed by atoms with Crippen LogP contribution in [-0.4, -0.2) is 10.1 Å². The minimum atomic E-state index is 0.0556. The molecule has 6 heavy (non-hydrogen) atoms. The molecule has 0 aromatic carbocycles. The highest BCUT2D eigenvalue weighted by Crippen LogP contribution is 2.04. The van der Waals surface area contributed by atoms with E-state index in [1.165, 1.54) is 16.7 Å². The zero-order valence-corrected chi connectivity index (χ0v) is 3.70. The number of thiazole rings is 1. The maximum Gasteiger partial charge on any atom is 0.0583 e. The van der Waals surface area contributed by atoms with Crippen molar-refractivity contribution >= 4 is 11.3 Å². The fourth-order valence-corrected chi connectivity index (χ4v) is 0.536. The van der Waals surface area contributed by atoms with Crippen molar-refractivity contribution in [2.75, 3.05) is 0 Å². The molecule has 0 unspecified atom stereocenters. The van der Waals surface area contributed by atoms with Gasteiger partial charge in [0.25, 0.3) is 0 Å². The molecule has 0 aliphatic heterocycles. The fourth-order valence-electron chi connectivity index (χ4n) is 0.179. The third kappa shape index (κ3) is 0.490. The molecule has 0 aliphatic rings. The van der Waals surface area contributed by atoms with E-state index in [0.717, 1.165) is 0 Å².